The van der Waals surface area contributed by atoms with Crippen LogP contribution in [-0.2, 0) is 10.0 Å². The van der Waals surface area contributed by atoms with Gasteiger partial charge in [-0.1, -0.05) is 6.42 Å². The molecule has 2 atom stereocenters. The molecule has 0 aromatic carbocycles. The molecule has 2 unspecified atom stereocenters. The average Bonchev–Trinajstić information content (AvgIpc) is 2.87. The van der Waals surface area contributed by atoms with E-state index in [1.807, 2.05) is 4.31 Å². The first-order valence-corrected chi connectivity index (χ1v) is 8.91. The third kappa shape index (κ3) is 2.21. The second kappa shape index (κ2) is 5.10. The summed E-state index contributed by atoms with van der Waals surface area (Å²) in [4.78, 5) is 0. The summed E-state index contributed by atoms with van der Waals surface area (Å²) in [5, 5.41) is 3.13. The Bertz CT molecular complexity index is 390. The first kappa shape index (κ1) is 12.9. The standard InChI is InChI=1S/C13H24N2O2S/c16-18(17,12-6-8-14-9-7-12)15-10-2-4-11-3-1-5-13(11)15/h11-14H,1-10H2. The molecule has 2 heterocycles. The summed E-state index contributed by atoms with van der Waals surface area (Å²) in [6, 6.07) is 0.332. The number of nitrogens with one attached hydrogen (secondary N) is 1. The Kier molecular flexibility index (Phi) is 3.65. The highest BCUT2D eigenvalue weighted by Crippen LogP contribution is 2.39. The topological polar surface area (TPSA) is 49.4 Å². The summed E-state index contributed by atoms with van der Waals surface area (Å²) < 4.78 is 27.5. The van der Waals surface area contributed by atoms with Gasteiger partial charge in [0.2, 0.25) is 10.0 Å². The molecule has 18 heavy (non-hydrogen) atoms. The third-order valence-corrected chi connectivity index (χ3v) is 7.40. The third-order valence-electron chi connectivity index (χ3n) is 4.98. The van der Waals surface area contributed by atoms with Gasteiger partial charge in [-0.2, -0.15) is 4.31 Å². The molecule has 5 heteroatoms. The Morgan fingerprint density at radius 2 is 1.67 bits per heavy atom. The van der Waals surface area contributed by atoms with Gasteiger partial charge >= 0.3 is 0 Å². The van der Waals surface area contributed by atoms with E-state index in [4.69, 9.17) is 0 Å². The van der Waals surface area contributed by atoms with Crippen LogP contribution in [0.4, 0.5) is 0 Å². The van der Waals surface area contributed by atoms with Crippen molar-refractivity contribution in [2.24, 2.45) is 5.92 Å². The summed E-state index contributed by atoms with van der Waals surface area (Å²) in [6.07, 6.45) is 7.42. The molecule has 4 nitrogen and oxygen atoms in total. The van der Waals surface area contributed by atoms with Gasteiger partial charge in [-0.15, -0.1) is 0 Å². The van der Waals surface area contributed by atoms with Crippen LogP contribution < -0.4 is 5.32 Å². The molecule has 0 aromatic heterocycles. The Morgan fingerprint density at radius 1 is 0.944 bits per heavy atom. The van der Waals surface area contributed by atoms with Crippen molar-refractivity contribution in [1.82, 2.24) is 9.62 Å². The van der Waals surface area contributed by atoms with Crippen molar-refractivity contribution in [3.05, 3.63) is 0 Å². The first-order chi connectivity index (χ1) is 8.69. The molecule has 0 aromatic rings. The molecule has 1 saturated carbocycles. The summed E-state index contributed by atoms with van der Waals surface area (Å²) >= 11 is 0. The van der Waals surface area contributed by atoms with Gasteiger partial charge in [0, 0.05) is 12.6 Å². The summed E-state index contributed by atoms with van der Waals surface area (Å²) in [5.41, 5.74) is 0. The van der Waals surface area contributed by atoms with Crippen molar-refractivity contribution in [2.75, 3.05) is 19.6 Å². The summed E-state index contributed by atoms with van der Waals surface area (Å²) in [6.45, 7) is 2.48. The van der Waals surface area contributed by atoms with Gasteiger partial charge < -0.3 is 5.32 Å². The van der Waals surface area contributed by atoms with Crippen molar-refractivity contribution in [2.45, 2.75) is 56.2 Å². The molecule has 1 aliphatic carbocycles. The molecule has 0 spiro atoms. The average molecular weight is 272 g/mol. The van der Waals surface area contributed by atoms with Crippen molar-refractivity contribution in [1.29, 1.82) is 0 Å². The minimum absolute atomic E-state index is 0.127. The first-order valence-electron chi connectivity index (χ1n) is 7.41. The molecule has 0 radical (unpaired) electrons. The molecule has 1 N–H and O–H groups in total. The molecule has 3 fully saturated rings. The maximum absolute atomic E-state index is 12.8. The summed E-state index contributed by atoms with van der Waals surface area (Å²) in [5.74, 6) is 0.648. The monoisotopic (exact) mass is 272 g/mol. The second-order valence-electron chi connectivity index (χ2n) is 6.01. The molecular weight excluding hydrogens is 248 g/mol. The smallest absolute Gasteiger partial charge is 0.217 e. The van der Waals surface area contributed by atoms with Crippen molar-refractivity contribution in [3.63, 3.8) is 0 Å². The van der Waals surface area contributed by atoms with E-state index >= 15 is 0 Å². The Balaban J connectivity index is 1.79. The number of piperidine rings is 2. The van der Waals surface area contributed by atoms with Gasteiger partial charge in [-0.3, -0.25) is 0 Å². The van der Waals surface area contributed by atoms with E-state index in [-0.39, 0.29) is 5.25 Å². The van der Waals surface area contributed by atoms with Gasteiger partial charge in [-0.25, -0.2) is 8.42 Å². The maximum atomic E-state index is 12.8. The van der Waals surface area contributed by atoms with Crippen LogP contribution in [0.25, 0.3) is 0 Å². The van der Waals surface area contributed by atoms with Crippen molar-refractivity contribution in [3.8, 4) is 0 Å². The van der Waals surface area contributed by atoms with E-state index < -0.39 is 10.0 Å². The molecule has 104 valence electrons. The zero-order chi connectivity index (χ0) is 12.6. The van der Waals surface area contributed by atoms with E-state index in [2.05, 4.69) is 5.32 Å². The fourth-order valence-corrected chi connectivity index (χ4v) is 6.26. The highest BCUT2D eigenvalue weighted by molar-refractivity contribution is 7.89. The fraction of sp³-hybridized carbons (Fsp3) is 1.00. The van der Waals surface area contributed by atoms with Crippen LogP contribution in [0.15, 0.2) is 0 Å². The highest BCUT2D eigenvalue weighted by atomic mass is 32.2. The molecule has 0 amide bonds. The minimum atomic E-state index is -3.05. The predicted octanol–water partition coefficient (Wildman–Crippen LogP) is 1.33. The second-order valence-corrected chi connectivity index (χ2v) is 8.17. The van der Waals surface area contributed by atoms with Gasteiger partial charge in [0.25, 0.3) is 0 Å². The molecular formula is C13H24N2O2S. The van der Waals surface area contributed by atoms with Crippen molar-refractivity contribution < 1.29 is 8.42 Å². The van der Waals surface area contributed by atoms with Gasteiger partial charge in [-0.05, 0) is 57.5 Å². The Hall–Kier alpha value is -0.130. The minimum Gasteiger partial charge on any atom is -0.317 e. The van der Waals surface area contributed by atoms with Crippen molar-refractivity contribution >= 4 is 10.0 Å². The normalized spacial score (nSPS) is 35.6. The zero-order valence-electron chi connectivity index (χ0n) is 11.0. The summed E-state index contributed by atoms with van der Waals surface area (Å²) in [7, 11) is -3.05. The largest absolute Gasteiger partial charge is 0.317 e. The highest BCUT2D eigenvalue weighted by Gasteiger charge is 2.43. The van der Waals surface area contributed by atoms with Gasteiger partial charge in [0.05, 0.1) is 5.25 Å². The number of rotatable bonds is 2. The van der Waals surface area contributed by atoms with Crippen LogP contribution in [0.1, 0.15) is 44.9 Å². The Labute approximate surface area is 110 Å². The number of fused-ring (bicyclic) bond motifs is 1. The molecule has 3 rings (SSSR count). The van der Waals surface area contributed by atoms with E-state index in [0.717, 1.165) is 45.3 Å². The number of nitrogens with zero attached hydrogens (tertiary/aromatic N) is 1. The van der Waals surface area contributed by atoms with Crippen LogP contribution in [0.2, 0.25) is 0 Å². The molecule has 3 aliphatic rings. The van der Waals surface area contributed by atoms with Crippen LogP contribution in [0, 0.1) is 5.92 Å². The lowest BCUT2D eigenvalue weighted by atomic mass is 9.94. The van der Waals surface area contributed by atoms with Crippen LogP contribution in [0.5, 0.6) is 0 Å². The van der Waals surface area contributed by atoms with E-state index in [1.165, 1.54) is 19.3 Å². The molecule has 2 aliphatic heterocycles. The van der Waals surface area contributed by atoms with E-state index in [0.29, 0.717) is 12.0 Å². The predicted molar refractivity (Wildman–Crippen MR) is 71.9 cm³/mol. The van der Waals surface area contributed by atoms with Crippen LogP contribution in [0.3, 0.4) is 0 Å². The lowest BCUT2D eigenvalue weighted by Crippen LogP contribution is -2.51. The van der Waals surface area contributed by atoms with Gasteiger partial charge in [0.1, 0.15) is 0 Å². The quantitative estimate of drug-likeness (QED) is 0.825. The van der Waals surface area contributed by atoms with E-state index in [1.54, 1.807) is 0 Å². The van der Waals surface area contributed by atoms with E-state index in [9.17, 15) is 8.42 Å². The zero-order valence-corrected chi connectivity index (χ0v) is 11.8. The Morgan fingerprint density at radius 3 is 2.44 bits per heavy atom. The molecule has 2 saturated heterocycles. The number of sulfonamides is 1. The lowest BCUT2D eigenvalue weighted by molar-refractivity contribution is 0.199. The number of hydrogen-bond donors (Lipinski definition) is 1. The number of hydrogen-bond acceptors (Lipinski definition) is 3. The van der Waals surface area contributed by atoms with Gasteiger partial charge in [0.15, 0.2) is 0 Å². The SMILES string of the molecule is O=S(=O)(C1CCNCC1)N1CCCC2CCCC21. The maximum Gasteiger partial charge on any atom is 0.217 e. The fourth-order valence-electron chi connectivity index (χ4n) is 4.01. The lowest BCUT2D eigenvalue weighted by Gasteiger charge is -2.39. The van der Waals surface area contributed by atoms with Crippen LogP contribution in [-0.4, -0.2) is 43.6 Å². The molecule has 0 bridgehead atoms. The van der Waals surface area contributed by atoms with Crippen LogP contribution >= 0.6 is 0 Å².